The molecule has 1 aromatic heterocycles. The van der Waals surface area contributed by atoms with E-state index in [4.69, 9.17) is 27.6 Å². The second-order valence-corrected chi connectivity index (χ2v) is 6.59. The molecule has 0 fully saturated rings. The van der Waals surface area contributed by atoms with E-state index in [2.05, 4.69) is 10.5 Å². The third-order valence-electron chi connectivity index (χ3n) is 3.84. The monoisotopic (exact) mass is 403 g/mol. The van der Waals surface area contributed by atoms with E-state index in [0.717, 1.165) is 11.1 Å². The zero-order valence-electron chi connectivity index (χ0n) is 14.3. The highest BCUT2D eigenvalue weighted by atomic mass is 35.5. The molecule has 0 spiro atoms. The normalized spacial score (nSPS) is 11.1. The van der Waals surface area contributed by atoms with Gasteiger partial charge in [0.15, 0.2) is 0 Å². The highest BCUT2D eigenvalue weighted by Crippen LogP contribution is 2.31. The van der Waals surface area contributed by atoms with Gasteiger partial charge in [-0.15, -0.1) is 0 Å². The van der Waals surface area contributed by atoms with Gasteiger partial charge < -0.3 is 9.84 Å². The van der Waals surface area contributed by atoms with Crippen LogP contribution in [0.5, 0.6) is 0 Å². The summed E-state index contributed by atoms with van der Waals surface area (Å²) in [7, 11) is 0. The van der Waals surface area contributed by atoms with Crippen molar-refractivity contribution < 1.29 is 9.34 Å². The summed E-state index contributed by atoms with van der Waals surface area (Å²) in [6.07, 6.45) is 1.48. The number of halogens is 2. The molecule has 1 N–H and O–H groups in total. The Morgan fingerprint density at radius 2 is 1.93 bits per heavy atom. The van der Waals surface area contributed by atoms with E-state index in [1.165, 1.54) is 12.3 Å². The summed E-state index contributed by atoms with van der Waals surface area (Å²) in [5.74, 6) is 0.856. The standard InChI is InChI=1S/C19H15Cl2N3O3/c1-12-5-7-14(18(9-12)24(25)26)19-8-6-13(27-19)10-22-23-11-15-16(20)3-2-4-17(15)21/h2-10,23H,11H2,1H3/b22-10+. The van der Waals surface area contributed by atoms with Crippen LogP contribution in [0.2, 0.25) is 10.0 Å². The van der Waals surface area contributed by atoms with E-state index in [9.17, 15) is 10.1 Å². The molecule has 0 saturated heterocycles. The first kappa shape index (κ1) is 18.9. The molecule has 6 nitrogen and oxygen atoms in total. The molecule has 0 aliphatic rings. The Labute approximate surface area is 165 Å². The Balaban J connectivity index is 1.72. The Morgan fingerprint density at radius 3 is 2.63 bits per heavy atom. The van der Waals surface area contributed by atoms with Crippen LogP contribution in [0.15, 0.2) is 58.0 Å². The number of nitro benzene ring substituents is 1. The Kier molecular flexibility index (Phi) is 5.78. The quantitative estimate of drug-likeness (QED) is 0.330. The molecule has 0 amide bonds. The molecule has 8 heteroatoms. The van der Waals surface area contributed by atoms with Gasteiger partial charge in [0.1, 0.15) is 11.5 Å². The minimum Gasteiger partial charge on any atom is -0.455 e. The van der Waals surface area contributed by atoms with Crippen LogP contribution in [0.3, 0.4) is 0 Å². The van der Waals surface area contributed by atoms with E-state index >= 15 is 0 Å². The van der Waals surface area contributed by atoms with Crippen molar-refractivity contribution in [2.45, 2.75) is 13.5 Å². The molecule has 0 unspecified atom stereocenters. The minimum absolute atomic E-state index is 0.000625. The first-order chi connectivity index (χ1) is 13.0. The summed E-state index contributed by atoms with van der Waals surface area (Å²) in [5.41, 5.74) is 4.82. The van der Waals surface area contributed by atoms with E-state index in [-0.39, 0.29) is 5.69 Å². The predicted molar refractivity (Wildman–Crippen MR) is 106 cm³/mol. The molecule has 27 heavy (non-hydrogen) atoms. The maximum atomic E-state index is 11.3. The van der Waals surface area contributed by atoms with E-state index in [1.54, 1.807) is 49.4 Å². The summed E-state index contributed by atoms with van der Waals surface area (Å²) in [6, 6.07) is 13.6. The first-order valence-corrected chi connectivity index (χ1v) is 8.75. The molecule has 3 aromatic rings. The van der Waals surface area contributed by atoms with Crippen LogP contribution in [0, 0.1) is 17.0 Å². The number of rotatable bonds is 6. The van der Waals surface area contributed by atoms with Crippen molar-refractivity contribution in [3.05, 3.63) is 85.6 Å². The van der Waals surface area contributed by atoms with Crippen LogP contribution in [0.1, 0.15) is 16.9 Å². The molecule has 0 aliphatic carbocycles. The van der Waals surface area contributed by atoms with Gasteiger partial charge in [-0.25, -0.2) is 0 Å². The fraction of sp³-hybridized carbons (Fsp3) is 0.105. The minimum atomic E-state index is -0.423. The topological polar surface area (TPSA) is 80.7 Å². The van der Waals surface area contributed by atoms with Gasteiger partial charge in [-0.1, -0.05) is 35.3 Å². The summed E-state index contributed by atoms with van der Waals surface area (Å²) in [5, 5.41) is 16.4. The van der Waals surface area contributed by atoms with Crippen molar-refractivity contribution in [3.63, 3.8) is 0 Å². The number of nitro groups is 1. The lowest BCUT2D eigenvalue weighted by molar-refractivity contribution is -0.384. The number of hydrogen-bond acceptors (Lipinski definition) is 5. The third-order valence-corrected chi connectivity index (χ3v) is 4.55. The maximum Gasteiger partial charge on any atom is 0.280 e. The molecule has 0 bridgehead atoms. The summed E-state index contributed by atoms with van der Waals surface area (Å²) >= 11 is 12.2. The lowest BCUT2D eigenvalue weighted by Crippen LogP contribution is -2.06. The fourth-order valence-corrected chi connectivity index (χ4v) is 3.03. The molecule has 0 atom stereocenters. The maximum absolute atomic E-state index is 11.3. The molecule has 0 aliphatic heterocycles. The molecule has 1 heterocycles. The number of aryl methyl sites for hydroxylation is 1. The van der Waals surface area contributed by atoms with Crippen molar-refractivity contribution in [1.29, 1.82) is 0 Å². The second kappa shape index (κ2) is 8.24. The third kappa shape index (κ3) is 4.48. The second-order valence-electron chi connectivity index (χ2n) is 5.77. The zero-order valence-corrected chi connectivity index (χ0v) is 15.8. The van der Waals surface area contributed by atoms with Crippen LogP contribution in [-0.4, -0.2) is 11.1 Å². The van der Waals surface area contributed by atoms with E-state index in [1.807, 2.05) is 0 Å². The van der Waals surface area contributed by atoms with Crippen molar-refractivity contribution in [1.82, 2.24) is 5.43 Å². The lowest BCUT2D eigenvalue weighted by atomic mass is 10.1. The number of hydrogen-bond donors (Lipinski definition) is 1. The zero-order chi connectivity index (χ0) is 19.4. The fourth-order valence-electron chi connectivity index (χ4n) is 2.50. The smallest absolute Gasteiger partial charge is 0.280 e. The molecule has 0 radical (unpaired) electrons. The van der Waals surface area contributed by atoms with Crippen LogP contribution in [0.4, 0.5) is 5.69 Å². The SMILES string of the molecule is Cc1ccc(-c2ccc(/C=N/NCc3c(Cl)cccc3Cl)o2)c([N+](=O)[O-])c1. The number of hydrazone groups is 1. The van der Waals surface area contributed by atoms with Crippen LogP contribution < -0.4 is 5.43 Å². The van der Waals surface area contributed by atoms with Gasteiger partial charge in [-0.3, -0.25) is 10.1 Å². The van der Waals surface area contributed by atoms with Crippen molar-refractivity contribution in [2.24, 2.45) is 5.10 Å². The number of furan rings is 1. The number of nitrogens with one attached hydrogen (secondary N) is 1. The molecular weight excluding hydrogens is 389 g/mol. The van der Waals surface area contributed by atoms with E-state index in [0.29, 0.717) is 33.7 Å². The van der Waals surface area contributed by atoms with Gasteiger partial charge in [-0.2, -0.15) is 5.10 Å². The van der Waals surface area contributed by atoms with Gasteiger partial charge in [0.25, 0.3) is 5.69 Å². The average Bonchev–Trinajstić information content (AvgIpc) is 3.09. The molecule has 138 valence electrons. The largest absolute Gasteiger partial charge is 0.455 e. The molecule has 0 saturated carbocycles. The summed E-state index contributed by atoms with van der Waals surface area (Å²) < 4.78 is 5.65. The van der Waals surface area contributed by atoms with Crippen LogP contribution in [-0.2, 0) is 6.54 Å². The Hall–Kier alpha value is -2.83. The van der Waals surface area contributed by atoms with Crippen molar-refractivity contribution in [3.8, 4) is 11.3 Å². The van der Waals surface area contributed by atoms with E-state index < -0.39 is 4.92 Å². The van der Waals surface area contributed by atoms with Crippen LogP contribution in [0.25, 0.3) is 11.3 Å². The first-order valence-electron chi connectivity index (χ1n) is 8.00. The predicted octanol–water partition coefficient (Wildman–Crippen LogP) is 5.59. The Bertz CT molecular complexity index is 995. The van der Waals surface area contributed by atoms with Gasteiger partial charge >= 0.3 is 0 Å². The van der Waals surface area contributed by atoms with Gasteiger partial charge in [0.05, 0.1) is 23.2 Å². The number of nitrogens with zero attached hydrogens (tertiary/aromatic N) is 2. The van der Waals surface area contributed by atoms with Crippen molar-refractivity contribution in [2.75, 3.05) is 0 Å². The van der Waals surface area contributed by atoms with Gasteiger partial charge in [0, 0.05) is 21.7 Å². The highest BCUT2D eigenvalue weighted by Gasteiger charge is 2.18. The average molecular weight is 404 g/mol. The van der Waals surface area contributed by atoms with Gasteiger partial charge in [0.2, 0.25) is 0 Å². The summed E-state index contributed by atoms with van der Waals surface area (Å²) in [4.78, 5) is 10.8. The molecule has 3 rings (SSSR count). The van der Waals surface area contributed by atoms with Crippen molar-refractivity contribution >= 4 is 35.1 Å². The summed E-state index contributed by atoms with van der Waals surface area (Å²) in [6.45, 7) is 2.15. The lowest BCUT2D eigenvalue weighted by Gasteiger charge is -2.05. The van der Waals surface area contributed by atoms with Gasteiger partial charge in [-0.05, 0) is 42.8 Å². The number of benzene rings is 2. The Morgan fingerprint density at radius 1 is 1.19 bits per heavy atom. The molecular formula is C19H15Cl2N3O3. The highest BCUT2D eigenvalue weighted by molar-refractivity contribution is 6.35. The van der Waals surface area contributed by atoms with Crippen LogP contribution >= 0.6 is 23.2 Å². The molecule has 2 aromatic carbocycles.